The summed E-state index contributed by atoms with van der Waals surface area (Å²) in [5.74, 6) is 0. The summed E-state index contributed by atoms with van der Waals surface area (Å²) in [5, 5.41) is 0. The summed E-state index contributed by atoms with van der Waals surface area (Å²) in [7, 11) is 0. The summed E-state index contributed by atoms with van der Waals surface area (Å²) in [6.07, 6.45) is -1.27. The van der Waals surface area contributed by atoms with Crippen molar-refractivity contribution in [1.82, 2.24) is 0 Å². The van der Waals surface area contributed by atoms with E-state index in [1.165, 1.54) is 0 Å². The molecule has 0 saturated carbocycles. The SMILES string of the molecule is CCCC(CCC)OCC(F)(F)F. The predicted molar refractivity (Wildman–Crippen MR) is 45.6 cm³/mol. The first-order valence-electron chi connectivity index (χ1n) is 4.68. The molecule has 0 aromatic heterocycles. The highest BCUT2D eigenvalue weighted by atomic mass is 19.4. The second kappa shape index (κ2) is 6.24. The molecule has 1 nitrogen and oxygen atoms in total. The van der Waals surface area contributed by atoms with Crippen LogP contribution in [0.3, 0.4) is 0 Å². The molecule has 0 aliphatic heterocycles. The Bertz CT molecular complexity index is 117. The fourth-order valence-corrected chi connectivity index (χ4v) is 1.17. The van der Waals surface area contributed by atoms with Gasteiger partial charge in [-0.3, -0.25) is 0 Å². The van der Waals surface area contributed by atoms with Gasteiger partial charge in [-0.25, -0.2) is 0 Å². The molecule has 0 radical (unpaired) electrons. The Kier molecular flexibility index (Phi) is 6.12. The molecule has 0 unspecified atom stereocenters. The molecule has 4 heteroatoms. The summed E-state index contributed by atoms with van der Waals surface area (Å²) in [4.78, 5) is 0. The van der Waals surface area contributed by atoms with Crippen LogP contribution in [0.5, 0.6) is 0 Å². The average Bonchev–Trinajstić information content (AvgIpc) is 2.00. The van der Waals surface area contributed by atoms with E-state index in [-0.39, 0.29) is 6.10 Å². The Morgan fingerprint density at radius 3 is 1.85 bits per heavy atom. The molecular formula is C9H17F3O. The van der Waals surface area contributed by atoms with Crippen molar-refractivity contribution in [2.24, 2.45) is 0 Å². The van der Waals surface area contributed by atoms with Crippen molar-refractivity contribution < 1.29 is 17.9 Å². The molecule has 0 fully saturated rings. The molecule has 0 rings (SSSR count). The standard InChI is InChI=1S/C9H17F3O/c1-3-5-8(6-4-2)13-7-9(10,11)12/h8H,3-7H2,1-2H3. The van der Waals surface area contributed by atoms with Crippen molar-refractivity contribution in [3.05, 3.63) is 0 Å². The average molecular weight is 198 g/mol. The number of ether oxygens (including phenoxy) is 1. The molecule has 13 heavy (non-hydrogen) atoms. The summed E-state index contributed by atoms with van der Waals surface area (Å²) in [6, 6.07) is 0. The Hall–Kier alpha value is -0.250. The van der Waals surface area contributed by atoms with E-state index in [2.05, 4.69) is 0 Å². The first-order valence-corrected chi connectivity index (χ1v) is 4.68. The van der Waals surface area contributed by atoms with Crippen molar-refractivity contribution >= 4 is 0 Å². The monoisotopic (exact) mass is 198 g/mol. The van der Waals surface area contributed by atoms with Gasteiger partial charge in [-0.2, -0.15) is 13.2 Å². The number of alkyl halides is 3. The maximum atomic E-state index is 11.8. The van der Waals surface area contributed by atoms with E-state index in [1.807, 2.05) is 13.8 Å². The molecule has 0 aromatic carbocycles. The molecule has 0 N–H and O–H groups in total. The van der Waals surface area contributed by atoms with E-state index >= 15 is 0 Å². The topological polar surface area (TPSA) is 9.23 Å². The Labute approximate surface area is 77.3 Å². The largest absolute Gasteiger partial charge is 0.411 e. The molecule has 0 aliphatic carbocycles. The van der Waals surface area contributed by atoms with Gasteiger partial charge in [0, 0.05) is 0 Å². The molecular weight excluding hydrogens is 181 g/mol. The van der Waals surface area contributed by atoms with E-state index in [1.54, 1.807) is 0 Å². The number of halogens is 3. The second-order valence-corrected chi connectivity index (χ2v) is 3.13. The van der Waals surface area contributed by atoms with Crippen molar-refractivity contribution in [3.8, 4) is 0 Å². The maximum absolute atomic E-state index is 11.8. The highest BCUT2D eigenvalue weighted by Gasteiger charge is 2.28. The molecule has 0 saturated heterocycles. The van der Waals surface area contributed by atoms with Crippen LogP contribution in [0.2, 0.25) is 0 Å². The zero-order valence-electron chi connectivity index (χ0n) is 8.16. The van der Waals surface area contributed by atoms with E-state index < -0.39 is 12.8 Å². The molecule has 0 amide bonds. The van der Waals surface area contributed by atoms with Gasteiger partial charge in [0.25, 0.3) is 0 Å². The number of rotatable bonds is 6. The lowest BCUT2D eigenvalue weighted by molar-refractivity contribution is -0.186. The van der Waals surface area contributed by atoms with Crippen LogP contribution in [-0.2, 0) is 4.74 Å². The van der Waals surface area contributed by atoms with Gasteiger partial charge in [-0.05, 0) is 12.8 Å². The fourth-order valence-electron chi connectivity index (χ4n) is 1.17. The van der Waals surface area contributed by atoms with Crippen LogP contribution >= 0.6 is 0 Å². The minimum Gasteiger partial charge on any atom is -0.369 e. The van der Waals surface area contributed by atoms with E-state index in [0.717, 1.165) is 12.8 Å². The molecule has 0 heterocycles. The van der Waals surface area contributed by atoms with Gasteiger partial charge in [0.1, 0.15) is 6.61 Å². The lowest BCUT2D eigenvalue weighted by atomic mass is 10.1. The van der Waals surface area contributed by atoms with Gasteiger partial charge in [0.15, 0.2) is 0 Å². The third-order valence-electron chi connectivity index (χ3n) is 1.70. The van der Waals surface area contributed by atoms with Gasteiger partial charge < -0.3 is 4.74 Å². The van der Waals surface area contributed by atoms with Gasteiger partial charge in [-0.15, -0.1) is 0 Å². The molecule has 0 bridgehead atoms. The summed E-state index contributed by atoms with van der Waals surface area (Å²) >= 11 is 0. The fraction of sp³-hybridized carbons (Fsp3) is 1.00. The van der Waals surface area contributed by atoms with Crippen LogP contribution in [0.4, 0.5) is 13.2 Å². The van der Waals surface area contributed by atoms with Crippen molar-refractivity contribution in [1.29, 1.82) is 0 Å². The predicted octanol–water partition coefficient (Wildman–Crippen LogP) is 3.53. The highest BCUT2D eigenvalue weighted by molar-refractivity contribution is 4.58. The molecule has 0 aliphatic rings. The van der Waals surface area contributed by atoms with Gasteiger partial charge in [0.2, 0.25) is 0 Å². The van der Waals surface area contributed by atoms with Gasteiger partial charge in [-0.1, -0.05) is 26.7 Å². The van der Waals surface area contributed by atoms with Crippen LogP contribution in [0.25, 0.3) is 0 Å². The summed E-state index contributed by atoms with van der Waals surface area (Å²) in [5.41, 5.74) is 0. The Morgan fingerprint density at radius 1 is 1.08 bits per heavy atom. The van der Waals surface area contributed by atoms with Crippen LogP contribution in [-0.4, -0.2) is 18.9 Å². The van der Waals surface area contributed by atoms with Crippen LogP contribution in [0.1, 0.15) is 39.5 Å². The van der Waals surface area contributed by atoms with Gasteiger partial charge in [0.05, 0.1) is 6.10 Å². The maximum Gasteiger partial charge on any atom is 0.411 e. The van der Waals surface area contributed by atoms with Crippen LogP contribution < -0.4 is 0 Å². The molecule has 0 spiro atoms. The van der Waals surface area contributed by atoms with Gasteiger partial charge >= 0.3 is 6.18 Å². The third-order valence-corrected chi connectivity index (χ3v) is 1.70. The third kappa shape index (κ3) is 8.09. The van der Waals surface area contributed by atoms with Crippen molar-refractivity contribution in [2.75, 3.05) is 6.61 Å². The van der Waals surface area contributed by atoms with Crippen LogP contribution in [0.15, 0.2) is 0 Å². The lowest BCUT2D eigenvalue weighted by Crippen LogP contribution is -2.23. The Balaban J connectivity index is 3.68. The van der Waals surface area contributed by atoms with E-state index in [9.17, 15) is 13.2 Å². The lowest BCUT2D eigenvalue weighted by Gasteiger charge is -2.17. The molecule has 0 atom stereocenters. The minimum atomic E-state index is -4.19. The smallest absolute Gasteiger partial charge is 0.369 e. The van der Waals surface area contributed by atoms with E-state index in [4.69, 9.17) is 4.74 Å². The first kappa shape index (κ1) is 12.8. The number of hydrogen-bond donors (Lipinski definition) is 0. The number of hydrogen-bond acceptors (Lipinski definition) is 1. The zero-order chi connectivity index (χ0) is 10.3. The zero-order valence-corrected chi connectivity index (χ0v) is 8.16. The van der Waals surface area contributed by atoms with Crippen molar-refractivity contribution in [3.63, 3.8) is 0 Å². The first-order chi connectivity index (χ1) is 5.99. The summed E-state index contributed by atoms with van der Waals surface area (Å²) in [6.45, 7) is 2.77. The second-order valence-electron chi connectivity index (χ2n) is 3.13. The van der Waals surface area contributed by atoms with Crippen molar-refractivity contribution in [2.45, 2.75) is 51.8 Å². The normalized spacial score (nSPS) is 12.5. The quantitative estimate of drug-likeness (QED) is 0.634. The molecule has 0 aromatic rings. The summed E-state index contributed by atoms with van der Waals surface area (Å²) < 4.78 is 40.1. The molecule has 80 valence electrons. The Morgan fingerprint density at radius 2 is 1.54 bits per heavy atom. The minimum absolute atomic E-state index is 0.225. The highest BCUT2D eigenvalue weighted by Crippen LogP contribution is 2.18. The van der Waals surface area contributed by atoms with E-state index in [0.29, 0.717) is 12.8 Å². The van der Waals surface area contributed by atoms with Crippen LogP contribution in [0, 0.1) is 0 Å².